The highest BCUT2D eigenvalue weighted by Gasteiger charge is 2.30. The molecule has 3 N–H and O–H groups in total. The Balaban J connectivity index is 1.34. The van der Waals surface area contributed by atoms with E-state index in [-0.39, 0.29) is 34.5 Å². The zero-order chi connectivity index (χ0) is 28.6. The van der Waals surface area contributed by atoms with Crippen molar-refractivity contribution in [3.8, 4) is 0 Å². The van der Waals surface area contributed by atoms with Crippen LogP contribution in [0, 0.1) is 0 Å². The minimum atomic E-state index is -1.25. The third-order valence-electron chi connectivity index (χ3n) is 7.10. The Bertz CT molecular complexity index is 1630. The molecule has 1 aromatic heterocycles. The molecule has 206 valence electrons. The SMILES string of the molecule is C[C@H](O)c1cccc(C[C@H](NC(=O)c2c(Cl)cc3c(c2Cl)CCN(C(=O)c2ccc4ccoc4c2)C3)C(=O)O)c1. The average molecular weight is 581 g/mol. The number of aliphatic hydroxyl groups is 1. The summed E-state index contributed by atoms with van der Waals surface area (Å²) < 4.78 is 5.42. The minimum Gasteiger partial charge on any atom is -0.480 e. The molecule has 0 saturated heterocycles. The molecule has 8 nitrogen and oxygen atoms in total. The number of halogens is 2. The van der Waals surface area contributed by atoms with Crippen molar-refractivity contribution in [2.24, 2.45) is 0 Å². The van der Waals surface area contributed by atoms with Gasteiger partial charge >= 0.3 is 5.97 Å². The van der Waals surface area contributed by atoms with Gasteiger partial charge in [0.25, 0.3) is 11.8 Å². The molecule has 40 heavy (non-hydrogen) atoms. The minimum absolute atomic E-state index is 0.00266. The molecule has 0 fully saturated rings. The molecule has 1 aliphatic rings. The molecular formula is C30H26Cl2N2O6. The van der Waals surface area contributed by atoms with E-state index < -0.39 is 24.0 Å². The zero-order valence-electron chi connectivity index (χ0n) is 21.5. The van der Waals surface area contributed by atoms with Crippen LogP contribution < -0.4 is 5.32 Å². The van der Waals surface area contributed by atoms with Gasteiger partial charge in [0.05, 0.1) is 28.0 Å². The first-order valence-electron chi connectivity index (χ1n) is 12.7. The lowest BCUT2D eigenvalue weighted by Gasteiger charge is -2.30. The van der Waals surface area contributed by atoms with E-state index >= 15 is 0 Å². The smallest absolute Gasteiger partial charge is 0.326 e. The van der Waals surface area contributed by atoms with Gasteiger partial charge in [0.2, 0.25) is 0 Å². The normalized spacial score (nSPS) is 14.4. The highest BCUT2D eigenvalue weighted by atomic mass is 35.5. The second-order valence-corrected chi connectivity index (χ2v) is 10.6. The first-order valence-corrected chi connectivity index (χ1v) is 13.4. The number of nitrogens with zero attached hydrogens (tertiary/aromatic N) is 1. The van der Waals surface area contributed by atoms with Crippen molar-refractivity contribution in [2.45, 2.75) is 38.5 Å². The van der Waals surface area contributed by atoms with E-state index in [1.54, 1.807) is 60.6 Å². The summed E-state index contributed by atoms with van der Waals surface area (Å²) in [4.78, 5) is 40.1. The molecule has 0 saturated carbocycles. The maximum atomic E-state index is 13.2. The molecule has 2 amide bonds. The van der Waals surface area contributed by atoms with Crippen LogP contribution in [0.1, 0.15) is 56.0 Å². The Hall–Kier alpha value is -3.85. The number of hydrogen-bond donors (Lipinski definition) is 3. The lowest BCUT2D eigenvalue weighted by molar-refractivity contribution is -0.139. The molecule has 0 bridgehead atoms. The van der Waals surface area contributed by atoms with Gasteiger partial charge in [-0.15, -0.1) is 0 Å². The number of fused-ring (bicyclic) bond motifs is 2. The maximum absolute atomic E-state index is 13.2. The van der Waals surface area contributed by atoms with Crippen LogP contribution >= 0.6 is 23.2 Å². The number of carboxylic acids is 1. The molecule has 1 aliphatic heterocycles. The molecule has 10 heteroatoms. The molecule has 0 unspecified atom stereocenters. The first kappa shape index (κ1) is 27.7. The topological polar surface area (TPSA) is 120 Å². The largest absolute Gasteiger partial charge is 0.480 e. The maximum Gasteiger partial charge on any atom is 0.326 e. The second kappa shape index (κ2) is 11.3. The van der Waals surface area contributed by atoms with Crippen molar-refractivity contribution < 1.29 is 29.0 Å². The number of hydrogen-bond acceptors (Lipinski definition) is 5. The molecule has 2 atom stereocenters. The molecule has 0 radical (unpaired) electrons. The van der Waals surface area contributed by atoms with Crippen molar-refractivity contribution in [3.63, 3.8) is 0 Å². The van der Waals surface area contributed by atoms with E-state index in [1.807, 2.05) is 12.1 Å². The molecule has 5 rings (SSSR count). The summed E-state index contributed by atoms with van der Waals surface area (Å²) in [6.45, 7) is 2.25. The Labute approximate surface area is 240 Å². The van der Waals surface area contributed by atoms with E-state index in [1.165, 1.54) is 0 Å². The van der Waals surface area contributed by atoms with Crippen molar-refractivity contribution in [2.75, 3.05) is 6.54 Å². The van der Waals surface area contributed by atoms with Gasteiger partial charge in [0.15, 0.2) is 0 Å². The van der Waals surface area contributed by atoms with Gasteiger partial charge in [0.1, 0.15) is 11.6 Å². The van der Waals surface area contributed by atoms with E-state index in [0.717, 1.165) is 10.9 Å². The van der Waals surface area contributed by atoms with Gasteiger partial charge in [-0.2, -0.15) is 0 Å². The molecular weight excluding hydrogens is 555 g/mol. The summed E-state index contributed by atoms with van der Waals surface area (Å²) in [6.07, 6.45) is 1.26. The summed E-state index contributed by atoms with van der Waals surface area (Å²) in [5.74, 6) is -2.09. The van der Waals surface area contributed by atoms with Crippen molar-refractivity contribution in [1.29, 1.82) is 0 Å². The molecule has 4 aromatic rings. The summed E-state index contributed by atoms with van der Waals surface area (Å²) >= 11 is 13.2. The van der Waals surface area contributed by atoms with Gasteiger partial charge in [-0.1, -0.05) is 53.5 Å². The number of amides is 2. The molecule has 0 aliphatic carbocycles. The van der Waals surface area contributed by atoms with Gasteiger partial charge < -0.3 is 24.8 Å². The van der Waals surface area contributed by atoms with Crippen LogP contribution in [0.15, 0.2) is 65.3 Å². The summed E-state index contributed by atoms with van der Waals surface area (Å²) in [6, 6.07) is 14.4. The number of carbonyl (C=O) groups is 3. The Kier molecular flexibility index (Phi) is 7.85. The zero-order valence-corrected chi connectivity index (χ0v) is 23.0. The lowest BCUT2D eigenvalue weighted by atomic mass is 9.95. The van der Waals surface area contributed by atoms with Crippen LogP contribution in [0.5, 0.6) is 0 Å². The number of aliphatic carboxylic acids is 1. The highest BCUT2D eigenvalue weighted by molar-refractivity contribution is 6.40. The van der Waals surface area contributed by atoms with E-state index in [2.05, 4.69) is 5.32 Å². The lowest BCUT2D eigenvalue weighted by Crippen LogP contribution is -2.42. The predicted molar refractivity (Wildman–Crippen MR) is 151 cm³/mol. The number of rotatable bonds is 7. The van der Waals surface area contributed by atoms with Crippen LogP contribution in [0.25, 0.3) is 11.0 Å². The van der Waals surface area contributed by atoms with Gasteiger partial charge in [-0.05, 0) is 59.9 Å². The number of furan rings is 1. The Morgan fingerprint density at radius 1 is 1.10 bits per heavy atom. The standard InChI is InChI=1S/C30H26Cl2N2O6/c1-16(35)19-4-2-3-17(11-19)12-24(30(38)39)33-28(36)26-23(31)13-21-15-34(9-7-22(21)27(26)32)29(37)20-6-5-18-8-10-40-25(18)14-20/h2-6,8,10-11,13-14,16,24,35H,7,9,12,15H2,1H3,(H,33,36)(H,38,39)/t16-,24-/m0/s1. The van der Waals surface area contributed by atoms with E-state index in [9.17, 15) is 24.6 Å². The summed E-state index contributed by atoms with van der Waals surface area (Å²) in [7, 11) is 0. The molecule has 0 spiro atoms. The number of aliphatic hydroxyl groups excluding tert-OH is 1. The second-order valence-electron chi connectivity index (χ2n) is 9.82. The Morgan fingerprint density at radius 3 is 2.65 bits per heavy atom. The van der Waals surface area contributed by atoms with Gasteiger partial charge in [0, 0.05) is 30.5 Å². The van der Waals surface area contributed by atoms with Crippen LogP contribution in [-0.2, 0) is 24.2 Å². The van der Waals surface area contributed by atoms with Gasteiger partial charge in [-0.3, -0.25) is 9.59 Å². The molecule has 2 heterocycles. The number of carbonyl (C=O) groups excluding carboxylic acids is 2. The van der Waals surface area contributed by atoms with Gasteiger partial charge in [-0.25, -0.2) is 4.79 Å². The fourth-order valence-corrected chi connectivity index (χ4v) is 5.71. The summed E-state index contributed by atoms with van der Waals surface area (Å²) in [5, 5.41) is 23.3. The monoisotopic (exact) mass is 580 g/mol. The fraction of sp³-hybridized carbons (Fsp3) is 0.233. The fourth-order valence-electron chi connectivity index (χ4n) is 4.95. The first-order chi connectivity index (χ1) is 19.1. The number of benzene rings is 3. The molecule has 3 aromatic carbocycles. The number of nitrogens with one attached hydrogen (secondary N) is 1. The van der Waals surface area contributed by atoms with Crippen molar-refractivity contribution in [3.05, 3.63) is 104 Å². The van der Waals surface area contributed by atoms with Crippen LogP contribution in [0.3, 0.4) is 0 Å². The van der Waals surface area contributed by atoms with Crippen LogP contribution in [-0.4, -0.2) is 45.5 Å². The quantitative estimate of drug-likeness (QED) is 0.268. The third kappa shape index (κ3) is 5.56. The van der Waals surface area contributed by atoms with Crippen molar-refractivity contribution >= 4 is 52.0 Å². The van der Waals surface area contributed by atoms with Crippen molar-refractivity contribution in [1.82, 2.24) is 10.2 Å². The van der Waals surface area contributed by atoms with E-state index in [4.69, 9.17) is 27.6 Å². The third-order valence-corrected chi connectivity index (χ3v) is 7.81. The Morgan fingerprint density at radius 2 is 1.90 bits per heavy atom. The van der Waals surface area contributed by atoms with Crippen LogP contribution in [0.4, 0.5) is 0 Å². The average Bonchev–Trinajstić information content (AvgIpc) is 3.40. The van der Waals surface area contributed by atoms with Crippen LogP contribution in [0.2, 0.25) is 10.0 Å². The number of carboxylic acid groups (broad SMARTS) is 1. The highest BCUT2D eigenvalue weighted by Crippen LogP contribution is 2.35. The summed E-state index contributed by atoms with van der Waals surface area (Å²) in [5.41, 5.74) is 3.81. The predicted octanol–water partition coefficient (Wildman–Crippen LogP) is 5.42. The van der Waals surface area contributed by atoms with E-state index in [0.29, 0.717) is 40.8 Å².